The second-order valence-electron chi connectivity index (χ2n) is 6.36. The van der Waals surface area contributed by atoms with Crippen LogP contribution in [0.3, 0.4) is 0 Å². The van der Waals surface area contributed by atoms with E-state index in [9.17, 15) is 4.79 Å². The van der Waals surface area contributed by atoms with E-state index in [4.69, 9.17) is 14.2 Å². The first kappa shape index (κ1) is 16.0. The van der Waals surface area contributed by atoms with Gasteiger partial charge in [0.1, 0.15) is 0 Å². The molecule has 1 aromatic rings. The van der Waals surface area contributed by atoms with Crippen molar-refractivity contribution in [2.75, 3.05) is 20.3 Å². The van der Waals surface area contributed by atoms with E-state index in [0.29, 0.717) is 17.4 Å². The van der Waals surface area contributed by atoms with Gasteiger partial charge in [0.15, 0.2) is 5.79 Å². The molecule has 22 heavy (non-hydrogen) atoms. The Morgan fingerprint density at radius 1 is 1.36 bits per heavy atom. The molecule has 0 amide bonds. The van der Waals surface area contributed by atoms with E-state index in [-0.39, 0.29) is 11.8 Å². The molecule has 2 heterocycles. The zero-order valence-electron chi connectivity index (χ0n) is 13.5. The van der Waals surface area contributed by atoms with Crippen LogP contribution in [0.1, 0.15) is 59.3 Å². The predicted octanol–water partition coefficient (Wildman–Crippen LogP) is 3.88. The van der Waals surface area contributed by atoms with Gasteiger partial charge in [0, 0.05) is 23.1 Å². The van der Waals surface area contributed by atoms with Crippen molar-refractivity contribution in [1.82, 2.24) is 0 Å². The van der Waals surface area contributed by atoms with Gasteiger partial charge in [-0.2, -0.15) is 0 Å². The quantitative estimate of drug-likeness (QED) is 0.792. The normalized spacial score (nSPS) is 22.9. The van der Waals surface area contributed by atoms with E-state index in [1.54, 1.807) is 11.3 Å². The first-order chi connectivity index (χ1) is 10.6. The van der Waals surface area contributed by atoms with Crippen molar-refractivity contribution in [2.45, 2.75) is 51.2 Å². The molecule has 1 aromatic heterocycles. The van der Waals surface area contributed by atoms with Crippen LogP contribution < -0.4 is 0 Å². The summed E-state index contributed by atoms with van der Waals surface area (Å²) in [7, 11) is 1.44. The molecule has 5 heteroatoms. The molecule has 0 N–H and O–H groups in total. The van der Waals surface area contributed by atoms with Crippen molar-refractivity contribution in [3.8, 4) is 0 Å². The Balaban J connectivity index is 1.68. The van der Waals surface area contributed by atoms with Gasteiger partial charge in [-0.05, 0) is 37.2 Å². The second-order valence-corrected chi connectivity index (χ2v) is 7.28. The van der Waals surface area contributed by atoms with Gasteiger partial charge in [0.2, 0.25) is 0 Å². The number of carbonyl (C=O) groups excluding carboxylic acids is 1. The molecule has 1 aliphatic heterocycles. The number of thiophene rings is 1. The Kier molecular flexibility index (Phi) is 4.57. The third-order valence-electron chi connectivity index (χ3n) is 5.21. The molecule has 3 rings (SSSR count). The highest BCUT2D eigenvalue weighted by Crippen LogP contribution is 2.45. The molecule has 122 valence electrons. The van der Waals surface area contributed by atoms with Gasteiger partial charge < -0.3 is 14.2 Å². The summed E-state index contributed by atoms with van der Waals surface area (Å²) in [5.74, 6) is 0.559. The maximum atomic E-state index is 11.8. The molecule has 0 bridgehead atoms. The fourth-order valence-corrected chi connectivity index (χ4v) is 4.98. The molecule has 1 spiro atoms. The molecule has 1 unspecified atom stereocenters. The lowest BCUT2D eigenvalue weighted by Crippen LogP contribution is -2.36. The molecule has 1 atom stereocenters. The summed E-state index contributed by atoms with van der Waals surface area (Å²) in [4.78, 5) is 13.1. The maximum absolute atomic E-state index is 11.8. The second kappa shape index (κ2) is 6.30. The minimum atomic E-state index is -0.294. The van der Waals surface area contributed by atoms with Crippen molar-refractivity contribution < 1.29 is 19.0 Å². The fraction of sp³-hybridized carbons (Fsp3) is 0.706. The number of carbonyl (C=O) groups is 1. The first-order valence-electron chi connectivity index (χ1n) is 8.00. The molecule has 2 aliphatic rings. The van der Waals surface area contributed by atoms with Gasteiger partial charge in [-0.25, -0.2) is 4.79 Å². The summed E-state index contributed by atoms with van der Waals surface area (Å²) >= 11 is 1.68. The number of ether oxygens (including phenoxy) is 3. The van der Waals surface area contributed by atoms with E-state index in [2.05, 4.69) is 6.92 Å². The molecule has 4 nitrogen and oxygen atoms in total. The lowest BCUT2D eigenvalue weighted by molar-refractivity contribution is -0.183. The van der Waals surface area contributed by atoms with Gasteiger partial charge in [0.25, 0.3) is 0 Å². The lowest BCUT2D eigenvalue weighted by atomic mass is 9.77. The summed E-state index contributed by atoms with van der Waals surface area (Å²) < 4.78 is 16.5. The SMILES string of the molecule is COC(=O)c1csc(C(C)C2CCC3(CC2)OCCO3)c1C. The van der Waals surface area contributed by atoms with E-state index < -0.39 is 0 Å². The minimum absolute atomic E-state index is 0.234. The topological polar surface area (TPSA) is 44.8 Å². The monoisotopic (exact) mass is 324 g/mol. The van der Waals surface area contributed by atoms with Crippen LogP contribution in [0.4, 0.5) is 0 Å². The Bertz CT molecular complexity index is 535. The standard InChI is InChI=1S/C17H24O4S/c1-11(15-12(2)14(10-22-15)16(18)19-3)13-4-6-17(7-5-13)20-8-9-21-17/h10-11,13H,4-9H2,1-3H3. The number of rotatable bonds is 3. The van der Waals surface area contributed by atoms with E-state index in [0.717, 1.165) is 44.5 Å². The van der Waals surface area contributed by atoms with Crippen LogP contribution in [-0.4, -0.2) is 32.1 Å². The molecular weight excluding hydrogens is 300 g/mol. The Morgan fingerprint density at radius 3 is 2.59 bits per heavy atom. The Hall–Kier alpha value is -0.910. The summed E-state index contributed by atoms with van der Waals surface area (Å²) in [6, 6.07) is 0. The van der Waals surface area contributed by atoms with Gasteiger partial charge in [0.05, 0.1) is 25.9 Å². The summed E-state index contributed by atoms with van der Waals surface area (Å²) in [5.41, 5.74) is 1.79. The van der Waals surface area contributed by atoms with Crippen molar-refractivity contribution in [1.29, 1.82) is 0 Å². The van der Waals surface area contributed by atoms with Gasteiger partial charge in [-0.1, -0.05) is 6.92 Å². The van der Waals surface area contributed by atoms with Crippen LogP contribution in [0.15, 0.2) is 5.38 Å². The van der Waals surface area contributed by atoms with Gasteiger partial charge in [-0.3, -0.25) is 0 Å². The molecule has 1 saturated heterocycles. The van der Waals surface area contributed by atoms with Crippen molar-refractivity contribution in [2.24, 2.45) is 5.92 Å². The van der Waals surface area contributed by atoms with Crippen LogP contribution in [0, 0.1) is 12.8 Å². The van der Waals surface area contributed by atoms with Crippen LogP contribution in [-0.2, 0) is 14.2 Å². The fourth-order valence-electron chi connectivity index (χ4n) is 3.77. The summed E-state index contributed by atoms with van der Waals surface area (Å²) in [6.45, 7) is 5.76. The number of methoxy groups -OCH3 is 1. The van der Waals surface area contributed by atoms with Crippen molar-refractivity contribution >= 4 is 17.3 Å². The zero-order chi connectivity index (χ0) is 15.7. The summed E-state index contributed by atoms with van der Waals surface area (Å²) in [5, 5.41) is 1.93. The lowest BCUT2D eigenvalue weighted by Gasteiger charge is -2.37. The third kappa shape index (κ3) is 2.82. The molecule has 1 aliphatic carbocycles. The highest BCUT2D eigenvalue weighted by Gasteiger charge is 2.41. The zero-order valence-corrected chi connectivity index (χ0v) is 14.3. The molecule has 2 fully saturated rings. The summed E-state index contributed by atoms with van der Waals surface area (Å²) in [6.07, 6.45) is 4.20. The average Bonchev–Trinajstić information content (AvgIpc) is 3.14. The van der Waals surface area contributed by atoms with Crippen LogP contribution in [0.2, 0.25) is 0 Å². The van der Waals surface area contributed by atoms with E-state index >= 15 is 0 Å². The average molecular weight is 324 g/mol. The highest BCUT2D eigenvalue weighted by molar-refractivity contribution is 7.10. The molecular formula is C17H24O4S. The minimum Gasteiger partial charge on any atom is -0.465 e. The number of esters is 1. The molecule has 1 saturated carbocycles. The van der Waals surface area contributed by atoms with Gasteiger partial charge >= 0.3 is 5.97 Å². The number of hydrogen-bond donors (Lipinski definition) is 0. The van der Waals surface area contributed by atoms with Crippen molar-refractivity contribution in [3.05, 3.63) is 21.4 Å². The largest absolute Gasteiger partial charge is 0.465 e. The first-order valence-corrected chi connectivity index (χ1v) is 8.88. The van der Waals surface area contributed by atoms with Crippen molar-refractivity contribution in [3.63, 3.8) is 0 Å². The van der Waals surface area contributed by atoms with Crippen LogP contribution in [0.25, 0.3) is 0 Å². The van der Waals surface area contributed by atoms with E-state index in [1.165, 1.54) is 12.0 Å². The Labute approximate surface area is 135 Å². The van der Waals surface area contributed by atoms with Crippen LogP contribution in [0.5, 0.6) is 0 Å². The smallest absolute Gasteiger partial charge is 0.338 e. The molecule has 0 radical (unpaired) electrons. The third-order valence-corrected chi connectivity index (χ3v) is 6.49. The predicted molar refractivity (Wildman–Crippen MR) is 85.4 cm³/mol. The van der Waals surface area contributed by atoms with E-state index in [1.807, 2.05) is 12.3 Å². The van der Waals surface area contributed by atoms with Gasteiger partial charge in [-0.15, -0.1) is 11.3 Å². The van der Waals surface area contributed by atoms with Crippen LogP contribution >= 0.6 is 11.3 Å². The Morgan fingerprint density at radius 2 is 2.00 bits per heavy atom. The number of hydrogen-bond acceptors (Lipinski definition) is 5. The highest BCUT2D eigenvalue weighted by atomic mass is 32.1. The molecule has 0 aromatic carbocycles. The maximum Gasteiger partial charge on any atom is 0.338 e.